The molecular formula is C16H19ClN2O4. The highest BCUT2D eigenvalue weighted by atomic mass is 35.5. The van der Waals surface area contributed by atoms with E-state index in [1.807, 2.05) is 0 Å². The van der Waals surface area contributed by atoms with Crippen molar-refractivity contribution in [3.63, 3.8) is 0 Å². The van der Waals surface area contributed by atoms with Gasteiger partial charge in [0.15, 0.2) is 0 Å². The van der Waals surface area contributed by atoms with Gasteiger partial charge in [-0.15, -0.1) is 0 Å². The van der Waals surface area contributed by atoms with Crippen LogP contribution < -0.4 is 5.32 Å². The van der Waals surface area contributed by atoms with Crippen molar-refractivity contribution in [1.29, 1.82) is 0 Å². The molecular weight excluding hydrogens is 320 g/mol. The van der Waals surface area contributed by atoms with Gasteiger partial charge in [0.25, 0.3) is 0 Å². The third-order valence-corrected chi connectivity index (χ3v) is 4.17. The summed E-state index contributed by atoms with van der Waals surface area (Å²) in [6.07, 6.45) is 0.556. The van der Waals surface area contributed by atoms with Gasteiger partial charge < -0.3 is 15.3 Å². The van der Waals surface area contributed by atoms with E-state index in [2.05, 4.69) is 5.32 Å². The number of hydrogen-bond donors (Lipinski definition) is 2. The minimum absolute atomic E-state index is 0.0908. The molecule has 124 valence electrons. The largest absolute Gasteiger partial charge is 0.481 e. The number of likely N-dealkylation sites (tertiary alicyclic amines) is 1. The zero-order valence-corrected chi connectivity index (χ0v) is 13.5. The fourth-order valence-corrected chi connectivity index (χ4v) is 2.81. The van der Waals surface area contributed by atoms with E-state index in [0.717, 1.165) is 5.56 Å². The van der Waals surface area contributed by atoms with Gasteiger partial charge in [-0.1, -0.05) is 23.7 Å². The number of benzene rings is 1. The lowest BCUT2D eigenvalue weighted by Gasteiger charge is -2.22. The number of aliphatic carboxylic acids is 1. The van der Waals surface area contributed by atoms with Crippen LogP contribution in [0.25, 0.3) is 0 Å². The van der Waals surface area contributed by atoms with Crippen LogP contribution in [-0.2, 0) is 14.4 Å². The Labute approximate surface area is 139 Å². The molecule has 1 fully saturated rings. The lowest BCUT2D eigenvalue weighted by molar-refractivity contribution is -0.141. The van der Waals surface area contributed by atoms with E-state index in [1.54, 1.807) is 29.2 Å². The Balaban J connectivity index is 2.05. The Bertz CT molecular complexity index is 603. The zero-order valence-electron chi connectivity index (χ0n) is 12.8. The molecule has 2 unspecified atom stereocenters. The molecule has 2 amide bonds. The second-order valence-electron chi connectivity index (χ2n) is 5.67. The van der Waals surface area contributed by atoms with Crippen LogP contribution in [0.2, 0.25) is 5.02 Å². The first-order valence-electron chi connectivity index (χ1n) is 7.40. The van der Waals surface area contributed by atoms with Gasteiger partial charge in [-0.3, -0.25) is 14.4 Å². The Kier molecular flexibility index (Phi) is 5.60. The van der Waals surface area contributed by atoms with Crippen LogP contribution in [0.4, 0.5) is 0 Å². The van der Waals surface area contributed by atoms with Crippen molar-refractivity contribution < 1.29 is 19.5 Å². The van der Waals surface area contributed by atoms with Crippen molar-refractivity contribution in [3.8, 4) is 0 Å². The van der Waals surface area contributed by atoms with E-state index in [4.69, 9.17) is 16.7 Å². The topological polar surface area (TPSA) is 86.7 Å². The molecule has 0 bridgehead atoms. The van der Waals surface area contributed by atoms with E-state index < -0.39 is 17.9 Å². The summed E-state index contributed by atoms with van der Waals surface area (Å²) in [5.74, 6) is -1.78. The highest BCUT2D eigenvalue weighted by Crippen LogP contribution is 2.23. The lowest BCUT2D eigenvalue weighted by atomic mass is 10.0. The minimum Gasteiger partial charge on any atom is -0.481 e. The average Bonchev–Trinajstić information content (AvgIpc) is 2.97. The molecule has 6 nitrogen and oxygen atoms in total. The third-order valence-electron chi connectivity index (χ3n) is 3.92. The normalized spacial score (nSPS) is 18.5. The molecule has 0 aliphatic carbocycles. The summed E-state index contributed by atoms with van der Waals surface area (Å²) in [5.41, 5.74) is 0.784. The second kappa shape index (κ2) is 7.46. The Morgan fingerprint density at radius 3 is 2.52 bits per heavy atom. The van der Waals surface area contributed by atoms with E-state index in [1.165, 1.54) is 6.92 Å². The molecule has 1 heterocycles. The Morgan fingerprint density at radius 1 is 1.35 bits per heavy atom. The molecule has 1 aliphatic rings. The van der Waals surface area contributed by atoms with E-state index in [0.29, 0.717) is 18.0 Å². The van der Waals surface area contributed by atoms with Crippen LogP contribution in [0.5, 0.6) is 0 Å². The van der Waals surface area contributed by atoms with Gasteiger partial charge in [0, 0.05) is 25.0 Å². The van der Waals surface area contributed by atoms with Crippen LogP contribution >= 0.6 is 11.6 Å². The van der Waals surface area contributed by atoms with Crippen LogP contribution in [0.1, 0.15) is 31.4 Å². The molecule has 1 saturated heterocycles. The highest BCUT2D eigenvalue weighted by Gasteiger charge is 2.32. The molecule has 0 saturated carbocycles. The highest BCUT2D eigenvalue weighted by molar-refractivity contribution is 6.30. The van der Waals surface area contributed by atoms with E-state index >= 15 is 0 Å². The smallest absolute Gasteiger partial charge is 0.308 e. The van der Waals surface area contributed by atoms with Crippen LogP contribution in [0.15, 0.2) is 24.3 Å². The summed E-state index contributed by atoms with van der Waals surface area (Å²) < 4.78 is 0. The fraction of sp³-hybridized carbons (Fsp3) is 0.438. The number of carboxylic acids is 1. The summed E-state index contributed by atoms with van der Waals surface area (Å²) in [6, 6.07) is 6.47. The zero-order chi connectivity index (χ0) is 17.0. The number of nitrogens with one attached hydrogen (secondary N) is 1. The molecule has 2 rings (SSSR count). The maximum Gasteiger partial charge on any atom is 0.308 e. The molecule has 0 spiro atoms. The van der Waals surface area contributed by atoms with Gasteiger partial charge in [-0.05, 0) is 24.1 Å². The number of carboxylic acid groups (broad SMARTS) is 1. The number of nitrogens with zero attached hydrogens (tertiary/aromatic N) is 1. The number of carbonyl (C=O) groups is 3. The Morgan fingerprint density at radius 2 is 2.00 bits per heavy atom. The maximum atomic E-state index is 12.4. The molecule has 23 heavy (non-hydrogen) atoms. The monoisotopic (exact) mass is 338 g/mol. The Hall–Kier alpha value is -2.08. The van der Waals surface area contributed by atoms with Gasteiger partial charge in [-0.2, -0.15) is 0 Å². The quantitative estimate of drug-likeness (QED) is 0.857. The molecule has 0 radical (unpaired) electrons. The second-order valence-corrected chi connectivity index (χ2v) is 6.11. The fourth-order valence-electron chi connectivity index (χ4n) is 2.68. The van der Waals surface area contributed by atoms with Gasteiger partial charge in [0.05, 0.1) is 18.4 Å². The van der Waals surface area contributed by atoms with Crippen molar-refractivity contribution in [2.45, 2.75) is 25.8 Å². The van der Waals surface area contributed by atoms with Crippen molar-refractivity contribution in [1.82, 2.24) is 10.2 Å². The standard InChI is InChI=1S/C16H19ClN2O4/c1-10(20)18-14(11-2-4-13(17)5-3-11)8-15(21)19-7-6-12(9-19)16(22)23/h2-5,12,14H,6-9H2,1H3,(H,18,20)(H,22,23). The maximum absolute atomic E-state index is 12.4. The molecule has 2 atom stereocenters. The SMILES string of the molecule is CC(=O)NC(CC(=O)N1CCC(C(=O)O)C1)c1ccc(Cl)cc1. The summed E-state index contributed by atoms with van der Waals surface area (Å²) in [6.45, 7) is 2.05. The minimum atomic E-state index is -0.878. The molecule has 1 aromatic rings. The predicted octanol–water partition coefficient (Wildman–Crippen LogP) is 1.84. The molecule has 7 heteroatoms. The van der Waals surface area contributed by atoms with Crippen LogP contribution in [0.3, 0.4) is 0 Å². The number of carbonyl (C=O) groups excluding carboxylic acids is 2. The summed E-state index contributed by atoms with van der Waals surface area (Å²) in [5, 5.41) is 12.3. The van der Waals surface area contributed by atoms with Crippen LogP contribution in [-0.4, -0.2) is 40.9 Å². The van der Waals surface area contributed by atoms with E-state index in [9.17, 15) is 14.4 Å². The molecule has 0 aromatic heterocycles. The first-order valence-corrected chi connectivity index (χ1v) is 7.77. The molecule has 1 aromatic carbocycles. The number of rotatable bonds is 5. The average molecular weight is 339 g/mol. The summed E-state index contributed by atoms with van der Waals surface area (Å²) >= 11 is 5.86. The van der Waals surface area contributed by atoms with Crippen molar-refractivity contribution in [3.05, 3.63) is 34.9 Å². The summed E-state index contributed by atoms with van der Waals surface area (Å²) in [7, 11) is 0. The predicted molar refractivity (Wildman–Crippen MR) is 84.9 cm³/mol. The van der Waals surface area contributed by atoms with Crippen molar-refractivity contribution in [2.75, 3.05) is 13.1 Å². The van der Waals surface area contributed by atoms with Gasteiger partial charge in [0.2, 0.25) is 11.8 Å². The van der Waals surface area contributed by atoms with Crippen LogP contribution in [0, 0.1) is 5.92 Å². The first kappa shape index (κ1) is 17.3. The van der Waals surface area contributed by atoms with Gasteiger partial charge in [0.1, 0.15) is 0 Å². The number of amides is 2. The molecule has 1 aliphatic heterocycles. The van der Waals surface area contributed by atoms with Crippen molar-refractivity contribution >= 4 is 29.4 Å². The summed E-state index contributed by atoms with van der Waals surface area (Å²) in [4.78, 5) is 36.3. The number of hydrogen-bond acceptors (Lipinski definition) is 3. The lowest BCUT2D eigenvalue weighted by Crippen LogP contribution is -2.35. The van der Waals surface area contributed by atoms with Crippen molar-refractivity contribution in [2.24, 2.45) is 5.92 Å². The third kappa shape index (κ3) is 4.69. The van der Waals surface area contributed by atoms with Gasteiger partial charge >= 0.3 is 5.97 Å². The van der Waals surface area contributed by atoms with Gasteiger partial charge in [-0.25, -0.2) is 0 Å². The molecule has 2 N–H and O–H groups in total. The number of halogens is 1. The van der Waals surface area contributed by atoms with E-state index in [-0.39, 0.29) is 24.8 Å². The first-order chi connectivity index (χ1) is 10.9.